The Hall–Kier alpha value is -1.27. The van der Waals surface area contributed by atoms with E-state index in [4.69, 9.17) is 9.84 Å². The zero-order chi connectivity index (χ0) is 14.1. The number of carbonyl (C=O) groups is 1. The maximum atomic E-state index is 13.2. The third-order valence-corrected chi connectivity index (χ3v) is 3.46. The van der Waals surface area contributed by atoms with Crippen LogP contribution in [0.3, 0.4) is 0 Å². The minimum absolute atomic E-state index is 0.0602. The number of aliphatic hydroxyl groups is 1. The number of thioether (sulfide) groups is 1. The first kappa shape index (κ1) is 15.8. The minimum Gasteiger partial charge on any atom is -0.494 e. The lowest BCUT2D eigenvalue weighted by atomic mass is 10.2. The van der Waals surface area contributed by atoms with Gasteiger partial charge in [0.15, 0.2) is 11.6 Å². The number of halogens is 1. The number of nitrogens with one attached hydrogen (secondary N) is 1. The second-order valence-corrected chi connectivity index (χ2v) is 5.02. The van der Waals surface area contributed by atoms with Gasteiger partial charge in [-0.05, 0) is 30.4 Å². The Kier molecular flexibility index (Phi) is 7.28. The van der Waals surface area contributed by atoms with Crippen LogP contribution in [0, 0.1) is 5.82 Å². The summed E-state index contributed by atoms with van der Waals surface area (Å²) in [4.78, 5) is 11.8. The number of benzene rings is 1. The Morgan fingerprint density at radius 2 is 2.26 bits per heavy atom. The predicted octanol–water partition coefficient (Wildman–Crippen LogP) is 1.68. The highest BCUT2D eigenvalue weighted by Gasteiger charge is 2.09. The Morgan fingerprint density at radius 3 is 2.95 bits per heavy atom. The summed E-state index contributed by atoms with van der Waals surface area (Å²) in [5.41, 5.74) is 0.374. The van der Waals surface area contributed by atoms with Gasteiger partial charge in [-0.1, -0.05) is 0 Å². The van der Waals surface area contributed by atoms with Crippen LogP contribution in [-0.4, -0.2) is 42.8 Å². The lowest BCUT2D eigenvalue weighted by Crippen LogP contribution is -2.25. The minimum atomic E-state index is -0.487. The molecule has 0 bridgehead atoms. The largest absolute Gasteiger partial charge is 0.494 e. The number of hydrogen-bond donors (Lipinski definition) is 2. The van der Waals surface area contributed by atoms with Crippen LogP contribution >= 0.6 is 11.8 Å². The fraction of sp³-hybridized carbons (Fsp3) is 0.462. The third-order valence-electron chi connectivity index (χ3n) is 2.39. The van der Waals surface area contributed by atoms with Gasteiger partial charge in [0.1, 0.15) is 0 Å². The van der Waals surface area contributed by atoms with Crippen molar-refractivity contribution < 1.29 is 19.0 Å². The molecule has 1 amide bonds. The Bertz CT molecular complexity index is 415. The van der Waals surface area contributed by atoms with Gasteiger partial charge in [-0.15, -0.1) is 0 Å². The van der Waals surface area contributed by atoms with Gasteiger partial charge in [-0.3, -0.25) is 4.79 Å². The first-order valence-corrected chi connectivity index (χ1v) is 7.15. The maximum Gasteiger partial charge on any atom is 0.251 e. The zero-order valence-corrected chi connectivity index (χ0v) is 11.6. The van der Waals surface area contributed by atoms with E-state index in [0.29, 0.717) is 12.1 Å². The summed E-state index contributed by atoms with van der Waals surface area (Å²) in [6.07, 6.45) is 0.758. The number of aliphatic hydroxyl groups excluding tert-OH is 1. The zero-order valence-electron chi connectivity index (χ0n) is 10.8. The van der Waals surface area contributed by atoms with E-state index >= 15 is 0 Å². The Morgan fingerprint density at radius 1 is 1.47 bits per heavy atom. The SMILES string of the molecule is COc1cc(C(=O)NCCSCCCO)ccc1F. The third kappa shape index (κ3) is 5.48. The van der Waals surface area contributed by atoms with Gasteiger partial charge in [0, 0.05) is 24.5 Å². The summed E-state index contributed by atoms with van der Waals surface area (Å²) in [5, 5.41) is 11.4. The van der Waals surface area contributed by atoms with Crippen LogP contribution in [0.15, 0.2) is 18.2 Å². The monoisotopic (exact) mass is 287 g/mol. The van der Waals surface area contributed by atoms with Crippen LogP contribution in [0.25, 0.3) is 0 Å². The molecular formula is C13H18FNO3S. The van der Waals surface area contributed by atoms with Crippen LogP contribution in [-0.2, 0) is 0 Å². The number of amides is 1. The van der Waals surface area contributed by atoms with E-state index in [9.17, 15) is 9.18 Å². The molecule has 19 heavy (non-hydrogen) atoms. The van der Waals surface area contributed by atoms with Crippen molar-refractivity contribution in [2.24, 2.45) is 0 Å². The van der Waals surface area contributed by atoms with Crippen LogP contribution in [0.4, 0.5) is 4.39 Å². The fourth-order valence-electron chi connectivity index (χ4n) is 1.41. The number of ether oxygens (including phenoxy) is 1. The van der Waals surface area contributed by atoms with E-state index in [0.717, 1.165) is 17.9 Å². The van der Waals surface area contributed by atoms with Crippen molar-refractivity contribution in [2.75, 3.05) is 31.8 Å². The molecule has 106 valence electrons. The van der Waals surface area contributed by atoms with Crippen molar-refractivity contribution in [3.8, 4) is 5.75 Å². The number of methoxy groups -OCH3 is 1. The van der Waals surface area contributed by atoms with Gasteiger partial charge in [-0.25, -0.2) is 4.39 Å². The maximum absolute atomic E-state index is 13.2. The summed E-state index contributed by atoms with van der Waals surface area (Å²) in [7, 11) is 1.36. The molecule has 0 spiro atoms. The first-order chi connectivity index (χ1) is 9.19. The summed E-state index contributed by atoms with van der Waals surface area (Å²) in [6.45, 7) is 0.726. The van der Waals surface area contributed by atoms with Gasteiger partial charge in [0.2, 0.25) is 0 Å². The molecule has 2 N–H and O–H groups in total. The highest BCUT2D eigenvalue weighted by Crippen LogP contribution is 2.18. The van der Waals surface area contributed by atoms with Gasteiger partial charge in [-0.2, -0.15) is 11.8 Å². The molecule has 0 aliphatic rings. The Balaban J connectivity index is 2.37. The van der Waals surface area contributed by atoms with Crippen LogP contribution < -0.4 is 10.1 Å². The van der Waals surface area contributed by atoms with Gasteiger partial charge in [0.25, 0.3) is 5.91 Å². The molecule has 1 rings (SSSR count). The van der Waals surface area contributed by atoms with E-state index in [1.165, 1.54) is 25.3 Å². The highest BCUT2D eigenvalue weighted by atomic mass is 32.2. The average Bonchev–Trinajstić information content (AvgIpc) is 2.43. The van der Waals surface area contributed by atoms with Crippen molar-refractivity contribution in [1.82, 2.24) is 5.32 Å². The van der Waals surface area contributed by atoms with E-state index < -0.39 is 5.82 Å². The molecule has 6 heteroatoms. The van der Waals surface area contributed by atoms with E-state index in [1.54, 1.807) is 11.8 Å². The molecule has 0 atom stereocenters. The molecular weight excluding hydrogens is 269 g/mol. The van der Waals surface area contributed by atoms with E-state index in [1.807, 2.05) is 0 Å². The second kappa shape index (κ2) is 8.77. The fourth-order valence-corrected chi connectivity index (χ4v) is 2.19. The average molecular weight is 287 g/mol. The molecule has 0 radical (unpaired) electrons. The van der Waals surface area contributed by atoms with Crippen molar-refractivity contribution in [3.63, 3.8) is 0 Å². The molecule has 0 aromatic heterocycles. The molecule has 0 saturated carbocycles. The molecule has 0 heterocycles. The summed E-state index contributed by atoms with van der Waals surface area (Å²) < 4.78 is 18.0. The number of rotatable bonds is 8. The lowest BCUT2D eigenvalue weighted by Gasteiger charge is -2.07. The van der Waals surface area contributed by atoms with Crippen molar-refractivity contribution in [1.29, 1.82) is 0 Å². The Labute approximate surface area is 116 Å². The van der Waals surface area contributed by atoms with Crippen molar-refractivity contribution >= 4 is 17.7 Å². The second-order valence-electron chi connectivity index (χ2n) is 3.79. The topological polar surface area (TPSA) is 58.6 Å². The molecule has 1 aromatic rings. The number of hydrogen-bond acceptors (Lipinski definition) is 4. The molecule has 0 aliphatic heterocycles. The molecule has 0 saturated heterocycles. The van der Waals surface area contributed by atoms with Gasteiger partial charge < -0.3 is 15.2 Å². The normalized spacial score (nSPS) is 10.3. The van der Waals surface area contributed by atoms with E-state index in [2.05, 4.69) is 5.32 Å². The van der Waals surface area contributed by atoms with Crippen LogP contribution in [0.2, 0.25) is 0 Å². The first-order valence-electron chi connectivity index (χ1n) is 5.99. The van der Waals surface area contributed by atoms with Gasteiger partial charge >= 0.3 is 0 Å². The van der Waals surface area contributed by atoms with E-state index in [-0.39, 0.29) is 18.3 Å². The summed E-state index contributed by atoms with van der Waals surface area (Å²) >= 11 is 1.67. The molecule has 0 aliphatic carbocycles. The predicted molar refractivity (Wildman–Crippen MR) is 74.3 cm³/mol. The number of carbonyl (C=O) groups excluding carboxylic acids is 1. The smallest absolute Gasteiger partial charge is 0.251 e. The quantitative estimate of drug-likeness (QED) is 0.714. The molecule has 1 aromatic carbocycles. The lowest BCUT2D eigenvalue weighted by molar-refractivity contribution is 0.0955. The highest BCUT2D eigenvalue weighted by molar-refractivity contribution is 7.99. The standard InChI is InChI=1S/C13H18FNO3S/c1-18-12-9-10(3-4-11(12)14)13(17)15-5-8-19-7-2-6-16/h3-4,9,16H,2,5-8H2,1H3,(H,15,17). The summed E-state index contributed by atoms with van der Waals surface area (Å²) in [6, 6.07) is 4.01. The summed E-state index contributed by atoms with van der Waals surface area (Å²) in [5.74, 6) is 0.977. The van der Waals surface area contributed by atoms with Crippen molar-refractivity contribution in [3.05, 3.63) is 29.6 Å². The van der Waals surface area contributed by atoms with Crippen LogP contribution in [0.5, 0.6) is 5.75 Å². The van der Waals surface area contributed by atoms with Crippen LogP contribution in [0.1, 0.15) is 16.8 Å². The molecule has 4 nitrogen and oxygen atoms in total. The molecule has 0 unspecified atom stereocenters. The van der Waals surface area contributed by atoms with Gasteiger partial charge in [0.05, 0.1) is 7.11 Å². The van der Waals surface area contributed by atoms with Crippen molar-refractivity contribution in [2.45, 2.75) is 6.42 Å². The molecule has 0 fully saturated rings.